The van der Waals surface area contributed by atoms with E-state index >= 15 is 0 Å². The third-order valence-electron chi connectivity index (χ3n) is 2.92. The van der Waals surface area contributed by atoms with Crippen molar-refractivity contribution in [2.75, 3.05) is 19.4 Å². The number of fused-ring (bicyclic) bond motifs is 1. The van der Waals surface area contributed by atoms with Crippen LogP contribution in [0.1, 0.15) is 18.8 Å². The molecule has 1 aromatic carbocycles. The van der Waals surface area contributed by atoms with Crippen LogP contribution >= 0.6 is 0 Å². The zero-order chi connectivity index (χ0) is 13.9. The van der Waals surface area contributed by atoms with Gasteiger partial charge in [0.15, 0.2) is 0 Å². The van der Waals surface area contributed by atoms with Gasteiger partial charge in [0.1, 0.15) is 17.4 Å². The molecule has 1 unspecified atom stereocenters. The van der Waals surface area contributed by atoms with Gasteiger partial charge in [-0.3, -0.25) is 0 Å². The highest BCUT2D eigenvalue weighted by Gasteiger charge is 2.18. The molecule has 1 N–H and O–H groups in total. The average Bonchev–Trinajstić information content (AvgIpc) is 2.83. The van der Waals surface area contributed by atoms with Crippen LogP contribution in [-0.4, -0.2) is 27.8 Å². The highest BCUT2D eigenvalue weighted by Crippen LogP contribution is 2.25. The number of nitrogens with one attached hydrogen (secondary N) is 1. The summed E-state index contributed by atoms with van der Waals surface area (Å²) in [5.41, 5.74) is 0.762. The fourth-order valence-corrected chi connectivity index (χ4v) is 2.38. The normalized spacial score (nSPS) is 13.8. The molecule has 0 aliphatic carbocycles. The second-order valence-electron chi connectivity index (χ2n) is 4.16. The van der Waals surface area contributed by atoms with Crippen LogP contribution in [0.4, 0.5) is 0 Å². The molecule has 5 nitrogen and oxygen atoms in total. The fourth-order valence-electron chi connectivity index (χ4n) is 1.77. The van der Waals surface area contributed by atoms with E-state index in [4.69, 9.17) is 9.15 Å². The summed E-state index contributed by atoms with van der Waals surface area (Å²) in [6.45, 7) is 1.75. The van der Waals surface area contributed by atoms with E-state index in [2.05, 4.69) is 4.72 Å². The maximum atomic E-state index is 11.4. The number of benzene rings is 1. The quantitative estimate of drug-likeness (QED) is 0.881. The number of methoxy groups -OCH3 is 1. The number of rotatable bonds is 6. The van der Waals surface area contributed by atoms with Crippen molar-refractivity contribution in [3.8, 4) is 0 Å². The molecule has 1 atom stereocenters. The SMILES string of the molecule is CCS(=O)(=O)NCC(OC)c1cc2ccccc2o1. The van der Waals surface area contributed by atoms with Gasteiger partial charge in [-0.1, -0.05) is 18.2 Å². The van der Waals surface area contributed by atoms with Gasteiger partial charge in [-0.25, -0.2) is 13.1 Å². The average molecular weight is 283 g/mol. The van der Waals surface area contributed by atoms with Gasteiger partial charge in [0.05, 0.1) is 5.75 Å². The maximum absolute atomic E-state index is 11.4. The molecule has 0 radical (unpaired) electrons. The Hall–Kier alpha value is -1.37. The zero-order valence-electron chi connectivity index (χ0n) is 10.9. The standard InChI is InChI=1S/C13H17NO4S/c1-3-19(15,16)14-9-13(17-2)12-8-10-6-4-5-7-11(10)18-12/h4-8,13-14H,3,9H2,1-2H3. The van der Waals surface area contributed by atoms with Crippen molar-refractivity contribution in [2.45, 2.75) is 13.0 Å². The van der Waals surface area contributed by atoms with Crippen LogP contribution in [0, 0.1) is 0 Å². The molecule has 2 rings (SSSR count). The molecule has 0 spiro atoms. The Morgan fingerprint density at radius 1 is 1.37 bits per heavy atom. The minimum absolute atomic E-state index is 0.0452. The zero-order valence-corrected chi connectivity index (χ0v) is 11.7. The summed E-state index contributed by atoms with van der Waals surface area (Å²) in [7, 11) is -1.71. The molecule has 0 bridgehead atoms. The topological polar surface area (TPSA) is 68.5 Å². The Labute approximate surface area is 112 Å². The van der Waals surface area contributed by atoms with Gasteiger partial charge >= 0.3 is 0 Å². The third-order valence-corrected chi connectivity index (χ3v) is 4.28. The maximum Gasteiger partial charge on any atom is 0.211 e. The molecular weight excluding hydrogens is 266 g/mol. The fraction of sp³-hybridized carbons (Fsp3) is 0.385. The van der Waals surface area contributed by atoms with E-state index in [0.717, 1.165) is 11.0 Å². The summed E-state index contributed by atoms with van der Waals surface area (Å²) in [5, 5.41) is 0.970. The van der Waals surface area contributed by atoms with Crippen LogP contribution in [0.2, 0.25) is 0 Å². The number of para-hydroxylation sites is 1. The van der Waals surface area contributed by atoms with E-state index in [1.54, 1.807) is 6.92 Å². The number of hydrogen-bond acceptors (Lipinski definition) is 4. The van der Waals surface area contributed by atoms with Crippen LogP contribution in [0.15, 0.2) is 34.7 Å². The smallest absolute Gasteiger partial charge is 0.211 e. The lowest BCUT2D eigenvalue weighted by molar-refractivity contribution is 0.0894. The number of ether oxygens (including phenoxy) is 1. The molecule has 104 valence electrons. The third kappa shape index (κ3) is 3.34. The molecule has 6 heteroatoms. The Morgan fingerprint density at radius 3 is 2.74 bits per heavy atom. The van der Waals surface area contributed by atoms with Crippen LogP contribution in [-0.2, 0) is 14.8 Å². The summed E-state index contributed by atoms with van der Waals surface area (Å²) in [5.74, 6) is 0.659. The minimum Gasteiger partial charge on any atom is -0.458 e. The lowest BCUT2D eigenvalue weighted by Gasteiger charge is -2.13. The van der Waals surface area contributed by atoms with E-state index in [1.807, 2.05) is 30.3 Å². The van der Waals surface area contributed by atoms with Crippen LogP contribution in [0.5, 0.6) is 0 Å². The van der Waals surface area contributed by atoms with Gasteiger partial charge in [-0.15, -0.1) is 0 Å². The van der Waals surface area contributed by atoms with Crippen molar-refractivity contribution >= 4 is 21.0 Å². The predicted molar refractivity (Wildman–Crippen MR) is 73.4 cm³/mol. The number of hydrogen-bond donors (Lipinski definition) is 1. The summed E-state index contributed by atoms with van der Waals surface area (Å²) in [6, 6.07) is 9.47. The second kappa shape index (κ2) is 5.73. The van der Waals surface area contributed by atoms with Crippen LogP contribution in [0.25, 0.3) is 11.0 Å². The molecule has 0 aliphatic rings. The van der Waals surface area contributed by atoms with Gasteiger partial charge in [-0.2, -0.15) is 0 Å². The van der Waals surface area contributed by atoms with E-state index in [-0.39, 0.29) is 12.3 Å². The highest BCUT2D eigenvalue weighted by atomic mass is 32.2. The molecule has 0 amide bonds. The van der Waals surface area contributed by atoms with Crippen molar-refractivity contribution < 1.29 is 17.6 Å². The molecular formula is C13H17NO4S. The Bertz CT molecular complexity index is 614. The first kappa shape index (κ1) is 14.0. The first-order chi connectivity index (χ1) is 9.05. The van der Waals surface area contributed by atoms with Crippen molar-refractivity contribution in [2.24, 2.45) is 0 Å². The summed E-state index contributed by atoms with van der Waals surface area (Å²) in [6.07, 6.45) is -0.436. The van der Waals surface area contributed by atoms with Gasteiger partial charge in [0.2, 0.25) is 10.0 Å². The molecule has 0 aliphatic heterocycles. The molecule has 1 aromatic heterocycles. The summed E-state index contributed by atoms with van der Waals surface area (Å²) < 4.78 is 36.3. The summed E-state index contributed by atoms with van der Waals surface area (Å²) in [4.78, 5) is 0. The lowest BCUT2D eigenvalue weighted by atomic mass is 10.2. The van der Waals surface area contributed by atoms with Crippen molar-refractivity contribution in [1.82, 2.24) is 4.72 Å². The molecule has 1 heterocycles. The highest BCUT2D eigenvalue weighted by molar-refractivity contribution is 7.89. The monoisotopic (exact) mass is 283 g/mol. The molecule has 0 fully saturated rings. The van der Waals surface area contributed by atoms with E-state index in [1.165, 1.54) is 7.11 Å². The number of furan rings is 1. The van der Waals surface area contributed by atoms with Gasteiger partial charge in [-0.05, 0) is 19.1 Å². The van der Waals surface area contributed by atoms with Crippen molar-refractivity contribution in [3.63, 3.8) is 0 Å². The lowest BCUT2D eigenvalue weighted by Crippen LogP contribution is -2.30. The Balaban J connectivity index is 2.17. The van der Waals surface area contributed by atoms with E-state index < -0.39 is 16.1 Å². The Kier molecular flexibility index (Phi) is 4.24. The van der Waals surface area contributed by atoms with Crippen LogP contribution < -0.4 is 4.72 Å². The van der Waals surface area contributed by atoms with Gasteiger partial charge < -0.3 is 9.15 Å². The van der Waals surface area contributed by atoms with Crippen molar-refractivity contribution in [1.29, 1.82) is 0 Å². The molecule has 19 heavy (non-hydrogen) atoms. The number of sulfonamides is 1. The van der Waals surface area contributed by atoms with E-state index in [0.29, 0.717) is 5.76 Å². The van der Waals surface area contributed by atoms with Crippen LogP contribution in [0.3, 0.4) is 0 Å². The molecule has 2 aromatic rings. The summed E-state index contributed by atoms with van der Waals surface area (Å²) >= 11 is 0. The molecule has 0 saturated heterocycles. The van der Waals surface area contributed by atoms with E-state index in [9.17, 15) is 8.42 Å². The van der Waals surface area contributed by atoms with Gasteiger partial charge in [0, 0.05) is 19.0 Å². The minimum atomic E-state index is -3.23. The molecule has 0 saturated carbocycles. The predicted octanol–water partition coefficient (Wildman–Crippen LogP) is 2.06. The second-order valence-corrected chi connectivity index (χ2v) is 6.26. The van der Waals surface area contributed by atoms with Gasteiger partial charge in [0.25, 0.3) is 0 Å². The first-order valence-electron chi connectivity index (χ1n) is 6.04. The largest absolute Gasteiger partial charge is 0.458 e. The Morgan fingerprint density at radius 2 is 2.11 bits per heavy atom. The first-order valence-corrected chi connectivity index (χ1v) is 7.69. The van der Waals surface area contributed by atoms with Crippen molar-refractivity contribution in [3.05, 3.63) is 36.1 Å².